The summed E-state index contributed by atoms with van der Waals surface area (Å²) in [5.41, 5.74) is 7.74. The molecule has 1 N–H and O–H groups in total. The van der Waals surface area contributed by atoms with Crippen LogP contribution in [0.4, 0.5) is 5.69 Å². The molecule has 0 spiro atoms. The van der Waals surface area contributed by atoms with Crippen molar-refractivity contribution in [3.05, 3.63) is 71.1 Å². The van der Waals surface area contributed by atoms with Crippen LogP contribution in [0.2, 0.25) is 5.02 Å². The Morgan fingerprint density at radius 2 is 1.90 bits per heavy atom. The van der Waals surface area contributed by atoms with Gasteiger partial charge >= 0.3 is 0 Å². The monoisotopic (exact) mass is 418 g/mol. The summed E-state index contributed by atoms with van der Waals surface area (Å²) >= 11 is 6.08. The summed E-state index contributed by atoms with van der Waals surface area (Å²) in [6, 6.07) is 14.8. The van der Waals surface area contributed by atoms with Gasteiger partial charge in [-0.25, -0.2) is 4.68 Å². The first kappa shape index (κ1) is 18.9. The van der Waals surface area contributed by atoms with E-state index in [0.717, 1.165) is 39.6 Å². The summed E-state index contributed by atoms with van der Waals surface area (Å²) in [7, 11) is 1.94. The maximum absolute atomic E-state index is 6.08. The molecule has 1 aliphatic rings. The van der Waals surface area contributed by atoms with Crippen molar-refractivity contribution in [3.63, 3.8) is 0 Å². The van der Waals surface area contributed by atoms with Gasteiger partial charge in [-0.05, 0) is 61.7 Å². The predicted molar refractivity (Wildman–Crippen MR) is 120 cm³/mol. The Kier molecular flexibility index (Phi) is 4.59. The number of rotatable bonds is 3. The van der Waals surface area contributed by atoms with E-state index in [1.54, 1.807) is 0 Å². The molecule has 152 valence electrons. The largest absolute Gasteiger partial charge is 0.378 e. The molecule has 0 radical (unpaired) electrons. The summed E-state index contributed by atoms with van der Waals surface area (Å²) in [4.78, 5) is 0. The van der Waals surface area contributed by atoms with Crippen LogP contribution >= 0.6 is 11.6 Å². The van der Waals surface area contributed by atoms with Gasteiger partial charge in [-0.15, -0.1) is 5.10 Å². The number of anilines is 1. The molecule has 2 aromatic heterocycles. The topological polar surface area (TPSA) is 60.6 Å². The number of nitrogens with one attached hydrogen (secondary N) is 1. The molecule has 6 nitrogen and oxygen atoms in total. The molecule has 2 atom stereocenters. The van der Waals surface area contributed by atoms with Crippen molar-refractivity contribution in [2.45, 2.75) is 32.4 Å². The van der Waals surface area contributed by atoms with E-state index in [0.29, 0.717) is 0 Å². The van der Waals surface area contributed by atoms with Crippen molar-refractivity contribution in [2.75, 3.05) is 5.32 Å². The first-order chi connectivity index (χ1) is 14.5. The maximum atomic E-state index is 6.08. The number of nitrogens with zero attached hydrogens (tertiary/aromatic N) is 5. The predicted octanol–water partition coefficient (Wildman–Crippen LogP) is 5.43. The van der Waals surface area contributed by atoms with E-state index in [1.807, 2.05) is 55.3 Å². The molecule has 0 saturated carbocycles. The van der Waals surface area contributed by atoms with Gasteiger partial charge in [-0.1, -0.05) is 28.9 Å². The van der Waals surface area contributed by atoms with Crippen molar-refractivity contribution in [2.24, 2.45) is 7.05 Å². The van der Waals surface area contributed by atoms with Gasteiger partial charge in [0.1, 0.15) is 0 Å². The van der Waals surface area contributed by atoms with E-state index < -0.39 is 0 Å². The molecule has 30 heavy (non-hydrogen) atoms. The van der Waals surface area contributed by atoms with Gasteiger partial charge in [0.15, 0.2) is 0 Å². The first-order valence-corrected chi connectivity index (χ1v) is 10.4. The molecule has 0 amide bonds. The lowest BCUT2D eigenvalue weighted by molar-refractivity contribution is 0.435. The highest BCUT2D eigenvalue weighted by molar-refractivity contribution is 6.30. The average molecular weight is 419 g/mol. The molecular weight excluding hydrogens is 396 g/mol. The molecule has 4 aromatic rings. The third-order valence-corrected chi connectivity index (χ3v) is 6.01. The highest BCUT2D eigenvalue weighted by atomic mass is 35.5. The van der Waals surface area contributed by atoms with Crippen LogP contribution in [-0.2, 0) is 7.05 Å². The Bertz CT molecular complexity index is 1210. The molecule has 5 rings (SSSR count). The Morgan fingerprint density at radius 1 is 1.10 bits per heavy atom. The van der Waals surface area contributed by atoms with Crippen molar-refractivity contribution < 1.29 is 0 Å². The molecule has 0 fully saturated rings. The second-order valence-electron chi connectivity index (χ2n) is 7.96. The van der Waals surface area contributed by atoms with Gasteiger partial charge in [-0.2, -0.15) is 5.10 Å². The number of aryl methyl sites for hydroxylation is 2. The summed E-state index contributed by atoms with van der Waals surface area (Å²) in [6.45, 7) is 4.22. The number of benzene rings is 2. The molecule has 7 heteroatoms. The zero-order chi connectivity index (χ0) is 20.8. The van der Waals surface area contributed by atoms with E-state index in [1.165, 1.54) is 11.1 Å². The third-order valence-electron chi connectivity index (χ3n) is 5.76. The molecule has 0 bridgehead atoms. The molecule has 0 saturated heterocycles. The van der Waals surface area contributed by atoms with Crippen LogP contribution in [0.3, 0.4) is 0 Å². The Hall–Kier alpha value is -3.12. The van der Waals surface area contributed by atoms with Crippen LogP contribution in [0, 0.1) is 6.92 Å². The van der Waals surface area contributed by atoms with Crippen molar-refractivity contribution >= 4 is 17.3 Å². The molecule has 3 heterocycles. The molecular formula is C23H23ClN6. The molecule has 0 aliphatic carbocycles. The second-order valence-corrected chi connectivity index (χ2v) is 8.40. The Morgan fingerprint density at radius 3 is 2.63 bits per heavy atom. The van der Waals surface area contributed by atoms with Gasteiger partial charge in [-0.3, -0.25) is 4.68 Å². The molecule has 2 aromatic carbocycles. The van der Waals surface area contributed by atoms with Crippen LogP contribution in [0.15, 0.2) is 54.9 Å². The normalized spacial score (nSPS) is 17.9. The minimum Gasteiger partial charge on any atom is -0.378 e. The third kappa shape index (κ3) is 3.27. The zero-order valence-electron chi connectivity index (χ0n) is 17.2. The highest BCUT2D eigenvalue weighted by Crippen LogP contribution is 2.42. The lowest BCUT2D eigenvalue weighted by Gasteiger charge is -2.23. The lowest BCUT2D eigenvalue weighted by atomic mass is 9.92. The maximum Gasteiger partial charge on any atom is 0.0921 e. The zero-order valence-corrected chi connectivity index (χ0v) is 17.9. The van der Waals surface area contributed by atoms with Crippen LogP contribution in [0.25, 0.3) is 22.4 Å². The Labute approximate surface area is 180 Å². The standard InChI is InChI=1S/C23H23ClN6/c1-14-10-22(26-19-7-5-18(24)6-8-19)21-11-16(17-12-25-29(3)13-17)4-9-20(21)23-15(2)27-28-30(14)23/h4-9,11-14,22,26H,10H2,1-3H3. The van der Waals surface area contributed by atoms with Crippen LogP contribution in [0.5, 0.6) is 0 Å². The van der Waals surface area contributed by atoms with Crippen LogP contribution in [0.1, 0.15) is 36.7 Å². The van der Waals surface area contributed by atoms with Crippen molar-refractivity contribution in [3.8, 4) is 22.4 Å². The summed E-state index contributed by atoms with van der Waals surface area (Å²) in [5, 5.41) is 17.6. The Balaban J connectivity index is 1.65. The van der Waals surface area contributed by atoms with Gasteiger partial charge < -0.3 is 5.32 Å². The van der Waals surface area contributed by atoms with Crippen LogP contribution in [-0.4, -0.2) is 24.8 Å². The second kappa shape index (κ2) is 7.29. The number of halogens is 1. The SMILES string of the molecule is Cc1nnn2c1-c1ccc(-c3cnn(C)c3)cc1C(Nc1ccc(Cl)cc1)CC2C. The van der Waals surface area contributed by atoms with E-state index in [2.05, 4.69) is 50.5 Å². The van der Waals surface area contributed by atoms with Crippen molar-refractivity contribution in [1.82, 2.24) is 24.8 Å². The number of aromatic nitrogens is 5. The first-order valence-electron chi connectivity index (χ1n) is 10.1. The van der Waals surface area contributed by atoms with Crippen LogP contribution < -0.4 is 5.32 Å². The number of hydrogen-bond acceptors (Lipinski definition) is 4. The molecule has 1 aliphatic heterocycles. The summed E-state index contributed by atoms with van der Waals surface area (Å²) in [5.74, 6) is 0. The summed E-state index contributed by atoms with van der Waals surface area (Å²) in [6.07, 6.45) is 4.83. The highest BCUT2D eigenvalue weighted by Gasteiger charge is 2.29. The fourth-order valence-corrected chi connectivity index (χ4v) is 4.39. The van der Waals surface area contributed by atoms with Gasteiger partial charge in [0.2, 0.25) is 0 Å². The smallest absolute Gasteiger partial charge is 0.0921 e. The van der Waals surface area contributed by atoms with E-state index in [-0.39, 0.29) is 12.1 Å². The minimum absolute atomic E-state index is 0.119. The van der Waals surface area contributed by atoms with Gasteiger partial charge in [0.05, 0.1) is 29.7 Å². The molecule has 2 unspecified atom stereocenters. The quantitative estimate of drug-likeness (QED) is 0.482. The fourth-order valence-electron chi connectivity index (χ4n) is 4.27. The number of hydrogen-bond donors (Lipinski definition) is 1. The van der Waals surface area contributed by atoms with Gasteiger partial charge in [0.25, 0.3) is 0 Å². The van der Waals surface area contributed by atoms with E-state index >= 15 is 0 Å². The van der Waals surface area contributed by atoms with E-state index in [4.69, 9.17) is 11.6 Å². The average Bonchev–Trinajstić information content (AvgIpc) is 3.31. The number of fused-ring (bicyclic) bond motifs is 3. The van der Waals surface area contributed by atoms with E-state index in [9.17, 15) is 0 Å². The minimum atomic E-state index is 0.119. The van der Waals surface area contributed by atoms with Crippen molar-refractivity contribution in [1.29, 1.82) is 0 Å². The van der Waals surface area contributed by atoms with Gasteiger partial charge in [0, 0.05) is 35.1 Å². The fraction of sp³-hybridized carbons (Fsp3) is 0.261. The summed E-state index contributed by atoms with van der Waals surface area (Å²) < 4.78 is 3.89. The lowest BCUT2D eigenvalue weighted by Crippen LogP contribution is -2.15.